The van der Waals surface area contributed by atoms with Crippen LogP contribution in [0.5, 0.6) is 5.75 Å². The van der Waals surface area contributed by atoms with Crippen molar-refractivity contribution < 1.29 is 13.2 Å². The van der Waals surface area contributed by atoms with E-state index in [0.29, 0.717) is 11.4 Å². The molecule has 7 heteroatoms. The summed E-state index contributed by atoms with van der Waals surface area (Å²) in [4.78, 5) is -0.0857. The summed E-state index contributed by atoms with van der Waals surface area (Å²) in [6.45, 7) is 5.66. The number of nitrogens with zero attached hydrogens (tertiary/aromatic N) is 1. The Kier molecular flexibility index (Phi) is 5.80. The number of anilines is 1. The lowest BCUT2D eigenvalue weighted by atomic mass is 10.2. The second-order valence-corrected chi connectivity index (χ2v) is 7.64. The van der Waals surface area contributed by atoms with Gasteiger partial charge >= 0.3 is 0 Å². The van der Waals surface area contributed by atoms with E-state index in [4.69, 9.17) is 27.9 Å². The molecule has 0 saturated heterocycles. The number of benzene rings is 2. The smallest absolute Gasteiger partial charge is 0.266 e. The summed E-state index contributed by atoms with van der Waals surface area (Å²) >= 11 is 12.3. The number of halogens is 2. The van der Waals surface area contributed by atoms with Crippen LogP contribution in [-0.4, -0.2) is 22.1 Å². The lowest BCUT2D eigenvalue weighted by Crippen LogP contribution is -2.31. The van der Waals surface area contributed by atoms with Crippen molar-refractivity contribution in [2.75, 3.05) is 18.0 Å². The Balaban J connectivity index is 2.59. The lowest BCUT2D eigenvalue weighted by molar-refractivity contribution is 0.414. The molecule has 24 heavy (non-hydrogen) atoms. The SMILES string of the molecule is C=CCN(c1ccc(C)cc1)S(=O)(=O)c1ccc(OC)c(Cl)c1Cl. The van der Waals surface area contributed by atoms with E-state index in [9.17, 15) is 8.42 Å². The standard InChI is InChI=1S/C17H17Cl2NO3S/c1-4-11-20(13-7-5-12(2)6-8-13)24(21,22)15-10-9-14(23-3)16(18)17(15)19/h4-10H,1,11H2,2-3H3. The summed E-state index contributed by atoms with van der Waals surface area (Å²) in [7, 11) is -2.48. The van der Waals surface area contributed by atoms with Crippen LogP contribution < -0.4 is 9.04 Å². The highest BCUT2D eigenvalue weighted by molar-refractivity contribution is 7.93. The Morgan fingerprint density at radius 2 is 1.75 bits per heavy atom. The van der Waals surface area contributed by atoms with Crippen LogP contribution in [0.1, 0.15) is 5.56 Å². The molecule has 0 spiro atoms. The summed E-state index contributed by atoms with van der Waals surface area (Å²) in [5.74, 6) is 0.311. The Labute approximate surface area is 152 Å². The summed E-state index contributed by atoms with van der Waals surface area (Å²) in [5, 5.41) is -0.0140. The van der Waals surface area contributed by atoms with E-state index in [0.717, 1.165) is 5.56 Å². The molecule has 0 radical (unpaired) electrons. The average Bonchev–Trinajstić information content (AvgIpc) is 2.55. The maximum atomic E-state index is 13.1. The van der Waals surface area contributed by atoms with E-state index < -0.39 is 10.0 Å². The topological polar surface area (TPSA) is 46.6 Å². The first-order valence-electron chi connectivity index (χ1n) is 7.05. The molecular formula is C17H17Cl2NO3S. The minimum atomic E-state index is -3.92. The van der Waals surface area contributed by atoms with Crippen molar-refractivity contribution in [3.63, 3.8) is 0 Å². The molecule has 2 rings (SSSR count). The van der Waals surface area contributed by atoms with Gasteiger partial charge in [-0.3, -0.25) is 4.31 Å². The summed E-state index contributed by atoms with van der Waals surface area (Å²) in [6, 6.07) is 9.99. The van der Waals surface area contributed by atoms with E-state index in [1.165, 1.54) is 29.6 Å². The highest BCUT2D eigenvalue weighted by Crippen LogP contribution is 2.38. The van der Waals surface area contributed by atoms with Crippen molar-refractivity contribution in [3.8, 4) is 5.75 Å². The fourth-order valence-corrected chi connectivity index (χ4v) is 4.41. The van der Waals surface area contributed by atoms with Crippen molar-refractivity contribution in [2.24, 2.45) is 0 Å². The zero-order valence-electron chi connectivity index (χ0n) is 13.3. The van der Waals surface area contributed by atoms with Gasteiger partial charge in [-0.15, -0.1) is 6.58 Å². The Hall–Kier alpha value is -1.69. The molecule has 0 fully saturated rings. The molecule has 0 saturated carbocycles. The first-order valence-corrected chi connectivity index (χ1v) is 9.24. The van der Waals surface area contributed by atoms with Gasteiger partial charge < -0.3 is 4.74 Å². The van der Waals surface area contributed by atoms with Crippen LogP contribution in [0.25, 0.3) is 0 Å². The number of rotatable bonds is 6. The van der Waals surface area contributed by atoms with Crippen molar-refractivity contribution >= 4 is 38.9 Å². The van der Waals surface area contributed by atoms with E-state index >= 15 is 0 Å². The third-order valence-electron chi connectivity index (χ3n) is 3.42. The first-order chi connectivity index (χ1) is 11.3. The van der Waals surface area contributed by atoms with Crippen molar-refractivity contribution in [2.45, 2.75) is 11.8 Å². The molecule has 0 aliphatic rings. The Bertz CT molecular complexity index is 849. The van der Waals surface area contributed by atoms with Gasteiger partial charge in [-0.25, -0.2) is 8.42 Å². The fraction of sp³-hybridized carbons (Fsp3) is 0.176. The highest BCUT2D eigenvalue weighted by Gasteiger charge is 2.28. The van der Waals surface area contributed by atoms with Crippen LogP contribution in [0.15, 0.2) is 53.9 Å². The highest BCUT2D eigenvalue weighted by atomic mass is 35.5. The second kappa shape index (κ2) is 7.47. The largest absolute Gasteiger partial charge is 0.495 e. The van der Waals surface area contributed by atoms with Gasteiger partial charge in [0.05, 0.1) is 24.4 Å². The zero-order chi connectivity index (χ0) is 17.9. The zero-order valence-corrected chi connectivity index (χ0v) is 15.6. The van der Waals surface area contributed by atoms with E-state index in [2.05, 4.69) is 6.58 Å². The molecule has 2 aromatic carbocycles. The maximum absolute atomic E-state index is 13.1. The molecule has 4 nitrogen and oxygen atoms in total. The van der Waals surface area contributed by atoms with E-state index in [-0.39, 0.29) is 21.5 Å². The van der Waals surface area contributed by atoms with Gasteiger partial charge in [0.15, 0.2) is 0 Å². The monoisotopic (exact) mass is 385 g/mol. The molecule has 0 aromatic heterocycles. The summed E-state index contributed by atoms with van der Waals surface area (Å²) in [6.07, 6.45) is 1.51. The molecule has 0 heterocycles. The third-order valence-corrected chi connectivity index (χ3v) is 6.23. The first kappa shape index (κ1) is 18.6. The Morgan fingerprint density at radius 1 is 1.12 bits per heavy atom. The second-order valence-electron chi connectivity index (χ2n) is 5.05. The third kappa shape index (κ3) is 3.53. The average molecular weight is 386 g/mol. The molecule has 2 aromatic rings. The number of sulfonamides is 1. The van der Waals surface area contributed by atoms with Gasteiger partial charge in [0.2, 0.25) is 0 Å². The fourth-order valence-electron chi connectivity index (χ4n) is 2.16. The Morgan fingerprint density at radius 3 is 2.29 bits per heavy atom. The van der Waals surface area contributed by atoms with Gasteiger partial charge in [-0.05, 0) is 31.2 Å². The van der Waals surface area contributed by atoms with Crippen LogP contribution in [-0.2, 0) is 10.0 Å². The number of aryl methyl sites for hydroxylation is 1. The lowest BCUT2D eigenvalue weighted by Gasteiger charge is -2.24. The molecule has 0 aliphatic heterocycles. The number of hydrogen-bond acceptors (Lipinski definition) is 3. The van der Waals surface area contributed by atoms with Gasteiger partial charge in [0, 0.05) is 0 Å². The minimum Gasteiger partial charge on any atom is -0.495 e. The molecule has 0 atom stereocenters. The normalized spacial score (nSPS) is 11.2. The van der Waals surface area contributed by atoms with Gasteiger partial charge in [0.1, 0.15) is 15.7 Å². The molecular weight excluding hydrogens is 369 g/mol. The van der Waals surface area contributed by atoms with Crippen molar-refractivity contribution in [3.05, 3.63) is 64.7 Å². The summed E-state index contributed by atoms with van der Waals surface area (Å²) in [5.41, 5.74) is 1.55. The molecule has 128 valence electrons. The van der Waals surface area contributed by atoms with Gasteiger partial charge in [-0.2, -0.15) is 0 Å². The molecule has 0 unspecified atom stereocenters. The van der Waals surface area contributed by atoms with Crippen LogP contribution >= 0.6 is 23.2 Å². The van der Waals surface area contributed by atoms with E-state index in [1.807, 2.05) is 19.1 Å². The molecule has 0 aliphatic carbocycles. The van der Waals surface area contributed by atoms with Crippen LogP contribution in [0, 0.1) is 6.92 Å². The minimum absolute atomic E-state index is 0.0581. The van der Waals surface area contributed by atoms with Crippen LogP contribution in [0.2, 0.25) is 10.0 Å². The van der Waals surface area contributed by atoms with Crippen molar-refractivity contribution in [1.29, 1.82) is 0 Å². The molecule has 0 bridgehead atoms. The maximum Gasteiger partial charge on any atom is 0.266 e. The number of hydrogen-bond donors (Lipinski definition) is 0. The van der Waals surface area contributed by atoms with Crippen LogP contribution in [0.3, 0.4) is 0 Å². The van der Waals surface area contributed by atoms with Gasteiger partial charge in [-0.1, -0.05) is 47.0 Å². The summed E-state index contributed by atoms with van der Waals surface area (Å²) < 4.78 is 32.4. The number of ether oxygens (including phenoxy) is 1. The van der Waals surface area contributed by atoms with Crippen LogP contribution in [0.4, 0.5) is 5.69 Å². The van der Waals surface area contributed by atoms with E-state index in [1.54, 1.807) is 12.1 Å². The molecule has 0 N–H and O–H groups in total. The van der Waals surface area contributed by atoms with Crippen molar-refractivity contribution in [1.82, 2.24) is 0 Å². The number of methoxy groups -OCH3 is 1. The predicted molar refractivity (Wildman–Crippen MR) is 98.9 cm³/mol. The quantitative estimate of drug-likeness (QED) is 0.677. The van der Waals surface area contributed by atoms with Gasteiger partial charge in [0.25, 0.3) is 10.0 Å². The molecule has 0 amide bonds. The predicted octanol–water partition coefficient (Wildman–Crippen LogP) is 4.69.